The summed E-state index contributed by atoms with van der Waals surface area (Å²) in [5.74, 6) is -2.09. The Labute approximate surface area is 148 Å². The number of fused-ring (bicyclic) bond motifs is 3. The Morgan fingerprint density at radius 1 is 1.08 bits per heavy atom. The van der Waals surface area contributed by atoms with Gasteiger partial charge in [0.25, 0.3) is 0 Å². The molecule has 0 bridgehead atoms. The van der Waals surface area contributed by atoms with Crippen molar-refractivity contribution < 1.29 is 30.0 Å². The van der Waals surface area contributed by atoms with Gasteiger partial charge in [-0.15, -0.1) is 0 Å². The summed E-state index contributed by atoms with van der Waals surface area (Å²) in [5, 5.41) is 42.6. The first-order valence-corrected chi connectivity index (χ1v) is 8.14. The lowest BCUT2D eigenvalue weighted by atomic mass is 9.79. The van der Waals surface area contributed by atoms with Crippen LogP contribution in [0.4, 0.5) is 0 Å². The maximum absolute atomic E-state index is 12.8. The van der Waals surface area contributed by atoms with Crippen LogP contribution in [0.5, 0.6) is 11.5 Å². The highest BCUT2D eigenvalue weighted by Gasteiger charge is 2.38. The average molecular weight is 352 g/mol. The van der Waals surface area contributed by atoms with Gasteiger partial charge in [-0.3, -0.25) is 9.59 Å². The molecule has 26 heavy (non-hydrogen) atoms. The van der Waals surface area contributed by atoms with Crippen LogP contribution in [0.15, 0.2) is 24.3 Å². The van der Waals surface area contributed by atoms with E-state index in [0.29, 0.717) is 0 Å². The van der Waals surface area contributed by atoms with E-state index in [0.717, 1.165) is 0 Å². The molecule has 2 aliphatic carbocycles. The number of aliphatic hydroxyl groups is 2. The Hall–Kier alpha value is -3.12. The predicted octanol–water partition coefficient (Wildman–Crippen LogP) is 0.404. The molecule has 0 radical (unpaired) electrons. The van der Waals surface area contributed by atoms with Crippen LogP contribution < -0.4 is 10.4 Å². The summed E-state index contributed by atoms with van der Waals surface area (Å²) < 4.78 is 0. The van der Waals surface area contributed by atoms with Gasteiger partial charge in [0.2, 0.25) is 0 Å². The van der Waals surface area contributed by atoms with Crippen LogP contribution in [0.3, 0.4) is 0 Å². The summed E-state index contributed by atoms with van der Waals surface area (Å²) in [4.78, 5) is 24.6. The van der Waals surface area contributed by atoms with Gasteiger partial charge in [-0.05, 0) is 6.92 Å². The van der Waals surface area contributed by atoms with Crippen LogP contribution in [0.1, 0.15) is 40.4 Å². The highest BCUT2D eigenvalue weighted by molar-refractivity contribution is 6.15. The van der Waals surface area contributed by atoms with Gasteiger partial charge >= 0.3 is 0 Å². The minimum atomic E-state index is -1.70. The maximum atomic E-state index is 12.8. The zero-order chi connectivity index (χ0) is 18.8. The first-order valence-electron chi connectivity index (χ1n) is 8.14. The van der Waals surface area contributed by atoms with Crippen molar-refractivity contribution in [3.8, 4) is 11.5 Å². The number of benzene rings is 2. The number of hydrogen-bond acceptors (Lipinski definition) is 6. The molecule has 0 saturated heterocycles. The number of aromatic hydroxyl groups is 2. The standard InChI is InChI=1S/C20H16O6/c1-9(21)20(26)7-6-12-13(8-20)19(25)15-14(18(12)24)16(22)10-4-2-3-5-11(10)17(15)23/h2-6,23-26H,7-8H2,1H3/t20-/m1/s1. The SMILES string of the molecule is CC(=O)[C@@]1(O)CC=c2c(O)c3c(c(O)c2C1)=C(O)c1ccccc1C3=O. The molecular formula is C20H16O6. The van der Waals surface area contributed by atoms with Gasteiger partial charge in [0.05, 0.1) is 10.8 Å². The summed E-state index contributed by atoms with van der Waals surface area (Å²) >= 11 is 0. The van der Waals surface area contributed by atoms with Crippen molar-refractivity contribution in [3.05, 3.63) is 57.0 Å². The Morgan fingerprint density at radius 2 is 1.73 bits per heavy atom. The van der Waals surface area contributed by atoms with E-state index < -0.39 is 22.9 Å². The molecule has 0 aliphatic heterocycles. The predicted molar refractivity (Wildman–Crippen MR) is 92.5 cm³/mol. The third-order valence-electron chi connectivity index (χ3n) is 5.25. The molecule has 0 unspecified atom stereocenters. The van der Waals surface area contributed by atoms with Crippen molar-refractivity contribution >= 4 is 23.4 Å². The topological polar surface area (TPSA) is 115 Å². The Balaban J connectivity index is 2.14. The molecule has 2 aliphatic rings. The monoisotopic (exact) mass is 352 g/mol. The average Bonchev–Trinajstić information content (AvgIpc) is 2.62. The number of carbonyl (C=O) groups is 2. The van der Waals surface area contributed by atoms with E-state index in [9.17, 15) is 30.0 Å². The number of Topliss-reactive ketones (excluding diaryl/α,β-unsaturated/α-hetero) is 1. The number of carbonyl (C=O) groups excluding carboxylic acids is 2. The zero-order valence-corrected chi connectivity index (χ0v) is 13.9. The molecule has 4 N–H and O–H groups in total. The lowest BCUT2D eigenvalue weighted by molar-refractivity contribution is -0.134. The highest BCUT2D eigenvalue weighted by atomic mass is 16.3. The van der Waals surface area contributed by atoms with Crippen LogP contribution in [0.25, 0.3) is 11.8 Å². The fraction of sp³-hybridized carbons (Fsp3) is 0.200. The third-order valence-corrected chi connectivity index (χ3v) is 5.25. The summed E-state index contributed by atoms with van der Waals surface area (Å²) in [6.45, 7) is 1.25. The van der Waals surface area contributed by atoms with Crippen LogP contribution in [0.2, 0.25) is 0 Å². The molecule has 0 amide bonds. The number of hydrogen-bond donors (Lipinski definition) is 4. The Morgan fingerprint density at radius 3 is 2.38 bits per heavy atom. The van der Waals surface area contributed by atoms with E-state index in [1.165, 1.54) is 19.1 Å². The van der Waals surface area contributed by atoms with Gasteiger partial charge < -0.3 is 20.4 Å². The quantitative estimate of drug-likeness (QED) is 0.553. The smallest absolute Gasteiger partial charge is 0.198 e. The second-order valence-electron chi connectivity index (χ2n) is 6.74. The summed E-state index contributed by atoms with van der Waals surface area (Å²) in [7, 11) is 0. The van der Waals surface area contributed by atoms with E-state index in [-0.39, 0.29) is 57.0 Å². The minimum absolute atomic E-state index is 0.0401. The second kappa shape index (κ2) is 5.19. The number of rotatable bonds is 1. The number of phenolic OH excluding ortho intramolecular Hbond substituents is 2. The van der Waals surface area contributed by atoms with E-state index in [2.05, 4.69) is 0 Å². The van der Waals surface area contributed by atoms with Gasteiger partial charge in [-0.25, -0.2) is 0 Å². The van der Waals surface area contributed by atoms with Crippen molar-refractivity contribution in [1.82, 2.24) is 0 Å². The Bertz CT molecular complexity index is 1130. The highest BCUT2D eigenvalue weighted by Crippen LogP contribution is 2.32. The first kappa shape index (κ1) is 16.4. The molecule has 132 valence electrons. The largest absolute Gasteiger partial charge is 0.507 e. The molecular weight excluding hydrogens is 336 g/mol. The first-order chi connectivity index (χ1) is 12.3. The normalized spacial score (nSPS) is 20.7. The van der Waals surface area contributed by atoms with Crippen molar-refractivity contribution in [1.29, 1.82) is 0 Å². The number of aliphatic hydroxyl groups excluding tert-OH is 1. The van der Waals surface area contributed by atoms with E-state index in [4.69, 9.17) is 0 Å². The lowest BCUT2D eigenvalue weighted by Gasteiger charge is -2.29. The molecule has 2 aromatic rings. The molecule has 0 heterocycles. The molecule has 4 rings (SSSR count). The van der Waals surface area contributed by atoms with Crippen LogP contribution in [0, 0.1) is 0 Å². The molecule has 6 heteroatoms. The van der Waals surface area contributed by atoms with E-state index in [1.807, 2.05) is 0 Å². The fourth-order valence-electron chi connectivity index (χ4n) is 3.70. The van der Waals surface area contributed by atoms with Crippen molar-refractivity contribution in [2.45, 2.75) is 25.4 Å². The zero-order valence-electron chi connectivity index (χ0n) is 13.9. The molecule has 0 aromatic heterocycles. The van der Waals surface area contributed by atoms with Crippen molar-refractivity contribution in [2.75, 3.05) is 0 Å². The lowest BCUT2D eigenvalue weighted by Crippen LogP contribution is -2.44. The molecule has 2 aromatic carbocycles. The maximum Gasteiger partial charge on any atom is 0.198 e. The number of ketones is 2. The molecule has 0 spiro atoms. The molecule has 0 fully saturated rings. The van der Waals surface area contributed by atoms with Gasteiger partial charge in [-0.1, -0.05) is 30.3 Å². The third kappa shape index (κ3) is 1.96. The van der Waals surface area contributed by atoms with Crippen LogP contribution in [-0.2, 0) is 11.2 Å². The Kier molecular flexibility index (Phi) is 3.26. The summed E-state index contributed by atoms with van der Waals surface area (Å²) in [6.07, 6.45) is 1.17. The minimum Gasteiger partial charge on any atom is -0.507 e. The second-order valence-corrected chi connectivity index (χ2v) is 6.74. The molecule has 0 saturated carbocycles. The fourth-order valence-corrected chi connectivity index (χ4v) is 3.70. The number of phenols is 2. The van der Waals surface area contributed by atoms with Gasteiger partial charge in [0.15, 0.2) is 11.6 Å². The molecule has 6 nitrogen and oxygen atoms in total. The van der Waals surface area contributed by atoms with Gasteiger partial charge in [0, 0.05) is 34.8 Å². The molecule has 1 atom stereocenters. The summed E-state index contributed by atoms with van der Waals surface area (Å²) in [6, 6.07) is 6.36. The summed E-state index contributed by atoms with van der Waals surface area (Å²) in [5.41, 5.74) is -1.27. The van der Waals surface area contributed by atoms with Crippen LogP contribution in [-0.4, -0.2) is 37.6 Å². The van der Waals surface area contributed by atoms with Crippen molar-refractivity contribution in [2.24, 2.45) is 0 Å². The van der Waals surface area contributed by atoms with Gasteiger partial charge in [0.1, 0.15) is 22.9 Å². The van der Waals surface area contributed by atoms with Crippen molar-refractivity contribution in [3.63, 3.8) is 0 Å². The van der Waals surface area contributed by atoms with Crippen LogP contribution >= 0.6 is 0 Å². The van der Waals surface area contributed by atoms with E-state index in [1.54, 1.807) is 18.2 Å². The van der Waals surface area contributed by atoms with Gasteiger partial charge in [-0.2, -0.15) is 0 Å². The van der Waals surface area contributed by atoms with E-state index >= 15 is 0 Å².